The van der Waals surface area contributed by atoms with E-state index >= 15 is 0 Å². The number of rotatable bonds is 5. The lowest BCUT2D eigenvalue weighted by atomic mass is 10.0. The molecule has 0 fully saturated rings. The van der Waals surface area contributed by atoms with Gasteiger partial charge in [-0.2, -0.15) is 0 Å². The average molecular weight is 283 g/mol. The first kappa shape index (κ1) is 13.3. The number of nitrogens with one attached hydrogen (secondary N) is 1. The molecule has 1 unspecified atom stereocenters. The highest BCUT2D eigenvalue weighted by Crippen LogP contribution is 2.21. The topological polar surface area (TPSA) is 32.3 Å². The third-order valence-electron chi connectivity index (χ3n) is 3.46. The van der Waals surface area contributed by atoms with E-state index in [-0.39, 0.29) is 12.6 Å². The van der Waals surface area contributed by atoms with Crippen molar-refractivity contribution in [2.24, 2.45) is 0 Å². The normalized spacial score (nSPS) is 12.7. The number of aliphatic hydroxyl groups excluding tert-OH is 1. The van der Waals surface area contributed by atoms with Crippen LogP contribution in [0.25, 0.3) is 10.8 Å². The van der Waals surface area contributed by atoms with Crippen LogP contribution in [0.15, 0.2) is 60.0 Å². The van der Waals surface area contributed by atoms with Crippen molar-refractivity contribution >= 4 is 22.1 Å². The van der Waals surface area contributed by atoms with Crippen LogP contribution >= 0.6 is 11.3 Å². The van der Waals surface area contributed by atoms with Crippen molar-refractivity contribution in [3.63, 3.8) is 0 Å². The molecule has 0 aliphatic heterocycles. The molecule has 0 radical (unpaired) electrons. The van der Waals surface area contributed by atoms with Crippen LogP contribution < -0.4 is 5.32 Å². The molecule has 102 valence electrons. The van der Waals surface area contributed by atoms with Crippen LogP contribution in [0.2, 0.25) is 0 Å². The molecule has 0 saturated heterocycles. The maximum Gasteiger partial charge on any atom is 0.0626 e. The van der Waals surface area contributed by atoms with Crippen molar-refractivity contribution in [3.8, 4) is 0 Å². The molecule has 2 aromatic carbocycles. The van der Waals surface area contributed by atoms with Gasteiger partial charge in [0.1, 0.15) is 0 Å². The highest BCUT2D eigenvalue weighted by Gasteiger charge is 2.10. The van der Waals surface area contributed by atoms with Crippen molar-refractivity contribution in [2.75, 3.05) is 6.61 Å². The summed E-state index contributed by atoms with van der Waals surface area (Å²) in [6.07, 6.45) is 0. The molecule has 0 bridgehead atoms. The third kappa shape index (κ3) is 2.90. The quantitative estimate of drug-likeness (QED) is 0.748. The molecule has 2 nitrogen and oxygen atoms in total. The molecule has 0 spiro atoms. The molecule has 1 atom stereocenters. The van der Waals surface area contributed by atoms with Gasteiger partial charge in [0, 0.05) is 11.4 Å². The van der Waals surface area contributed by atoms with Crippen LogP contribution in [0.1, 0.15) is 16.5 Å². The second-order valence-corrected chi connectivity index (χ2v) is 5.83. The Bertz CT molecular complexity index is 678. The number of thiophene rings is 1. The smallest absolute Gasteiger partial charge is 0.0626 e. The van der Waals surface area contributed by atoms with E-state index in [0.717, 1.165) is 12.1 Å². The van der Waals surface area contributed by atoms with E-state index in [4.69, 9.17) is 0 Å². The first-order valence-electron chi connectivity index (χ1n) is 6.72. The number of benzene rings is 2. The SMILES string of the molecule is OCC(NCc1cccs1)c1ccc2ccccc2c1. The van der Waals surface area contributed by atoms with E-state index in [9.17, 15) is 5.11 Å². The van der Waals surface area contributed by atoms with Gasteiger partial charge in [-0.1, -0.05) is 42.5 Å². The number of hydrogen-bond donors (Lipinski definition) is 2. The van der Waals surface area contributed by atoms with Gasteiger partial charge >= 0.3 is 0 Å². The van der Waals surface area contributed by atoms with Gasteiger partial charge in [0.05, 0.1) is 12.6 Å². The fourth-order valence-electron chi connectivity index (χ4n) is 2.35. The first-order valence-corrected chi connectivity index (χ1v) is 7.60. The molecule has 2 N–H and O–H groups in total. The van der Waals surface area contributed by atoms with Gasteiger partial charge in [-0.3, -0.25) is 0 Å². The van der Waals surface area contributed by atoms with Gasteiger partial charge < -0.3 is 10.4 Å². The van der Waals surface area contributed by atoms with Crippen LogP contribution in [-0.4, -0.2) is 11.7 Å². The summed E-state index contributed by atoms with van der Waals surface area (Å²) in [7, 11) is 0. The lowest BCUT2D eigenvalue weighted by Gasteiger charge is -2.17. The fraction of sp³-hybridized carbons (Fsp3) is 0.176. The summed E-state index contributed by atoms with van der Waals surface area (Å²) in [6, 6.07) is 18.8. The van der Waals surface area contributed by atoms with Crippen molar-refractivity contribution in [1.82, 2.24) is 5.32 Å². The predicted octanol–water partition coefficient (Wildman–Crippen LogP) is 3.72. The monoisotopic (exact) mass is 283 g/mol. The molecular formula is C17H17NOS. The average Bonchev–Trinajstić information content (AvgIpc) is 3.01. The summed E-state index contributed by atoms with van der Waals surface area (Å²) in [4.78, 5) is 1.28. The molecule has 0 saturated carbocycles. The van der Waals surface area contributed by atoms with Crippen molar-refractivity contribution in [2.45, 2.75) is 12.6 Å². The van der Waals surface area contributed by atoms with Crippen molar-refractivity contribution in [3.05, 3.63) is 70.4 Å². The van der Waals surface area contributed by atoms with E-state index in [0.29, 0.717) is 0 Å². The standard InChI is InChI=1S/C17H17NOS/c19-12-17(18-11-16-6-3-9-20-16)15-8-7-13-4-1-2-5-14(13)10-15/h1-10,17-19H,11-12H2. The maximum absolute atomic E-state index is 9.62. The second kappa shape index (κ2) is 6.18. The number of aliphatic hydroxyl groups is 1. The Hall–Kier alpha value is -1.68. The summed E-state index contributed by atoms with van der Waals surface area (Å²) in [5.74, 6) is 0. The Kier molecular flexibility index (Phi) is 4.11. The predicted molar refractivity (Wildman–Crippen MR) is 84.9 cm³/mol. The lowest BCUT2D eigenvalue weighted by molar-refractivity contribution is 0.244. The molecule has 1 aromatic heterocycles. The minimum Gasteiger partial charge on any atom is -0.394 e. The Balaban J connectivity index is 1.79. The molecule has 0 aliphatic carbocycles. The molecule has 0 aliphatic rings. The summed E-state index contributed by atoms with van der Waals surface area (Å²) in [5.41, 5.74) is 1.13. The largest absolute Gasteiger partial charge is 0.394 e. The Morgan fingerprint density at radius 1 is 1.00 bits per heavy atom. The summed E-state index contributed by atoms with van der Waals surface area (Å²) in [6.45, 7) is 0.888. The van der Waals surface area contributed by atoms with E-state index < -0.39 is 0 Å². The minimum atomic E-state index is -0.0262. The summed E-state index contributed by atoms with van der Waals surface area (Å²) >= 11 is 1.73. The minimum absolute atomic E-state index is 0.0262. The van der Waals surface area contributed by atoms with Crippen LogP contribution in [0.4, 0.5) is 0 Å². The highest BCUT2D eigenvalue weighted by molar-refractivity contribution is 7.09. The van der Waals surface area contributed by atoms with Gasteiger partial charge in [0.25, 0.3) is 0 Å². The van der Waals surface area contributed by atoms with Gasteiger partial charge in [0.2, 0.25) is 0 Å². The Morgan fingerprint density at radius 3 is 2.60 bits per heavy atom. The van der Waals surface area contributed by atoms with E-state index in [1.807, 2.05) is 18.2 Å². The molecule has 3 heteroatoms. The first-order chi connectivity index (χ1) is 9.86. The van der Waals surface area contributed by atoms with Crippen LogP contribution in [0.3, 0.4) is 0 Å². The van der Waals surface area contributed by atoms with Gasteiger partial charge in [-0.25, -0.2) is 0 Å². The van der Waals surface area contributed by atoms with Crippen molar-refractivity contribution in [1.29, 1.82) is 0 Å². The zero-order valence-corrected chi connectivity index (χ0v) is 11.9. The van der Waals surface area contributed by atoms with E-state index in [1.54, 1.807) is 11.3 Å². The molecule has 3 aromatic rings. The lowest BCUT2D eigenvalue weighted by Crippen LogP contribution is -2.23. The van der Waals surface area contributed by atoms with Gasteiger partial charge in [-0.15, -0.1) is 11.3 Å². The Labute approximate surface area is 122 Å². The molecule has 1 heterocycles. The van der Waals surface area contributed by atoms with Gasteiger partial charge in [-0.05, 0) is 33.8 Å². The maximum atomic E-state index is 9.62. The van der Waals surface area contributed by atoms with Crippen LogP contribution in [0, 0.1) is 0 Å². The molecule has 3 rings (SSSR count). The molecular weight excluding hydrogens is 266 g/mol. The second-order valence-electron chi connectivity index (χ2n) is 4.80. The fourth-order valence-corrected chi connectivity index (χ4v) is 3.01. The zero-order valence-electron chi connectivity index (χ0n) is 11.1. The highest BCUT2D eigenvalue weighted by atomic mass is 32.1. The number of hydrogen-bond acceptors (Lipinski definition) is 3. The third-order valence-corrected chi connectivity index (χ3v) is 4.34. The van der Waals surface area contributed by atoms with E-state index in [1.165, 1.54) is 15.6 Å². The van der Waals surface area contributed by atoms with Crippen LogP contribution in [-0.2, 0) is 6.54 Å². The number of fused-ring (bicyclic) bond motifs is 1. The van der Waals surface area contributed by atoms with Gasteiger partial charge in [0.15, 0.2) is 0 Å². The zero-order chi connectivity index (χ0) is 13.8. The summed E-state index contributed by atoms with van der Waals surface area (Å²) in [5, 5.41) is 17.5. The Morgan fingerprint density at radius 2 is 1.85 bits per heavy atom. The molecule has 0 amide bonds. The van der Waals surface area contributed by atoms with Crippen LogP contribution in [0.5, 0.6) is 0 Å². The summed E-state index contributed by atoms with van der Waals surface area (Å²) < 4.78 is 0. The molecule has 20 heavy (non-hydrogen) atoms. The van der Waals surface area contributed by atoms with Crippen molar-refractivity contribution < 1.29 is 5.11 Å². The van der Waals surface area contributed by atoms with E-state index in [2.05, 4.69) is 47.1 Å².